The van der Waals surface area contributed by atoms with Crippen LogP contribution in [0.5, 0.6) is 0 Å². The highest BCUT2D eigenvalue weighted by atomic mass is 15.2. The molecule has 1 aliphatic rings. The van der Waals surface area contributed by atoms with Crippen molar-refractivity contribution in [3.05, 3.63) is 0 Å². The fraction of sp³-hybridized carbons (Fsp3) is 1.00. The van der Waals surface area contributed by atoms with Gasteiger partial charge in [0.05, 0.1) is 0 Å². The van der Waals surface area contributed by atoms with E-state index < -0.39 is 0 Å². The molecule has 1 N–H and O–H groups in total. The van der Waals surface area contributed by atoms with E-state index in [0.717, 1.165) is 24.0 Å². The Morgan fingerprint density at radius 2 is 1.72 bits per heavy atom. The molecule has 1 fully saturated rings. The summed E-state index contributed by atoms with van der Waals surface area (Å²) in [7, 11) is 4.47. The Balaban J connectivity index is 2.43. The Labute approximate surface area is 115 Å². The average molecular weight is 254 g/mol. The number of nitrogens with one attached hydrogen (secondary N) is 1. The second-order valence-corrected chi connectivity index (χ2v) is 6.27. The molecule has 0 radical (unpaired) electrons. The lowest BCUT2D eigenvalue weighted by Crippen LogP contribution is -2.44. The van der Waals surface area contributed by atoms with Crippen LogP contribution in [-0.2, 0) is 0 Å². The van der Waals surface area contributed by atoms with Crippen molar-refractivity contribution < 1.29 is 0 Å². The Morgan fingerprint density at radius 1 is 1.11 bits per heavy atom. The monoisotopic (exact) mass is 254 g/mol. The van der Waals surface area contributed by atoms with Crippen LogP contribution in [-0.4, -0.2) is 37.1 Å². The van der Waals surface area contributed by atoms with Crippen molar-refractivity contribution in [2.24, 2.45) is 5.92 Å². The molecule has 1 aliphatic carbocycles. The molecule has 0 heterocycles. The predicted octanol–water partition coefficient (Wildman–Crippen LogP) is 3.66. The molecule has 0 aromatic rings. The van der Waals surface area contributed by atoms with E-state index >= 15 is 0 Å². The number of hydrogen-bond donors (Lipinski definition) is 1. The van der Waals surface area contributed by atoms with Gasteiger partial charge in [-0.1, -0.05) is 27.2 Å². The van der Waals surface area contributed by atoms with E-state index in [1.807, 2.05) is 0 Å². The van der Waals surface area contributed by atoms with Crippen LogP contribution in [0.25, 0.3) is 0 Å². The van der Waals surface area contributed by atoms with Crippen LogP contribution in [0.15, 0.2) is 0 Å². The molecule has 0 amide bonds. The number of rotatable bonds is 7. The lowest BCUT2D eigenvalue weighted by atomic mass is 9.88. The van der Waals surface area contributed by atoms with E-state index in [2.05, 4.69) is 45.1 Å². The van der Waals surface area contributed by atoms with Gasteiger partial charge in [0.1, 0.15) is 0 Å². The highest BCUT2D eigenvalue weighted by Crippen LogP contribution is 2.26. The zero-order valence-electron chi connectivity index (χ0n) is 13.2. The molecular weight excluding hydrogens is 220 g/mol. The Bertz CT molecular complexity index is 209. The van der Waals surface area contributed by atoms with Crippen LogP contribution < -0.4 is 5.32 Å². The highest BCUT2D eigenvalue weighted by molar-refractivity contribution is 4.84. The number of nitrogens with zero attached hydrogens (tertiary/aromatic N) is 1. The van der Waals surface area contributed by atoms with Crippen molar-refractivity contribution in [2.45, 2.75) is 83.8 Å². The van der Waals surface area contributed by atoms with Crippen molar-refractivity contribution in [3.63, 3.8) is 0 Å². The Morgan fingerprint density at radius 3 is 2.17 bits per heavy atom. The molecule has 2 heteroatoms. The normalized spacial score (nSPS) is 28.3. The van der Waals surface area contributed by atoms with Gasteiger partial charge in [-0.2, -0.15) is 0 Å². The van der Waals surface area contributed by atoms with Crippen LogP contribution >= 0.6 is 0 Å². The summed E-state index contributed by atoms with van der Waals surface area (Å²) < 4.78 is 0. The van der Waals surface area contributed by atoms with Gasteiger partial charge in [-0.25, -0.2) is 0 Å². The second kappa shape index (κ2) is 8.16. The molecular formula is C16H34N2. The predicted molar refractivity (Wildman–Crippen MR) is 81.0 cm³/mol. The first kappa shape index (κ1) is 16.0. The lowest BCUT2D eigenvalue weighted by Gasteiger charge is -2.39. The van der Waals surface area contributed by atoms with Crippen LogP contribution in [0.4, 0.5) is 0 Å². The Kier molecular flexibility index (Phi) is 7.25. The van der Waals surface area contributed by atoms with Crippen molar-refractivity contribution in [1.29, 1.82) is 0 Å². The zero-order valence-corrected chi connectivity index (χ0v) is 13.2. The van der Waals surface area contributed by atoms with Gasteiger partial charge in [-0.15, -0.1) is 0 Å². The van der Waals surface area contributed by atoms with Gasteiger partial charge >= 0.3 is 0 Å². The van der Waals surface area contributed by atoms with Gasteiger partial charge in [0.2, 0.25) is 0 Å². The third-order valence-electron chi connectivity index (χ3n) is 5.10. The SMILES string of the molecule is CCC(C)CC(CC)N(C)C1CCC(NC)CC1. The topological polar surface area (TPSA) is 15.3 Å². The third-order valence-corrected chi connectivity index (χ3v) is 5.10. The van der Waals surface area contributed by atoms with E-state index in [-0.39, 0.29) is 0 Å². The zero-order chi connectivity index (χ0) is 13.5. The van der Waals surface area contributed by atoms with Crippen molar-refractivity contribution in [2.75, 3.05) is 14.1 Å². The standard InChI is InChI=1S/C16H34N2/c1-6-13(3)12-15(7-2)18(5)16-10-8-14(17-4)9-11-16/h13-17H,6-12H2,1-5H3. The molecule has 1 saturated carbocycles. The highest BCUT2D eigenvalue weighted by Gasteiger charge is 2.27. The van der Waals surface area contributed by atoms with Crippen LogP contribution in [0.1, 0.15) is 65.7 Å². The summed E-state index contributed by atoms with van der Waals surface area (Å²) >= 11 is 0. The van der Waals surface area contributed by atoms with E-state index in [9.17, 15) is 0 Å². The molecule has 1 rings (SSSR count). The molecule has 2 atom stereocenters. The van der Waals surface area contributed by atoms with Crippen LogP contribution in [0.3, 0.4) is 0 Å². The van der Waals surface area contributed by atoms with Gasteiger partial charge in [0.15, 0.2) is 0 Å². The van der Waals surface area contributed by atoms with E-state index in [0.29, 0.717) is 0 Å². The van der Waals surface area contributed by atoms with Gasteiger partial charge in [0.25, 0.3) is 0 Å². The smallest absolute Gasteiger partial charge is 0.00963 e. The van der Waals surface area contributed by atoms with Gasteiger partial charge in [-0.3, -0.25) is 0 Å². The summed E-state index contributed by atoms with van der Waals surface area (Å²) in [5, 5.41) is 3.43. The molecule has 0 saturated heterocycles. The van der Waals surface area contributed by atoms with Crippen molar-refractivity contribution in [1.82, 2.24) is 10.2 Å². The first-order valence-electron chi connectivity index (χ1n) is 8.01. The largest absolute Gasteiger partial charge is 0.317 e. The van der Waals surface area contributed by atoms with E-state index in [4.69, 9.17) is 0 Å². The fourth-order valence-electron chi connectivity index (χ4n) is 3.32. The molecule has 0 bridgehead atoms. The molecule has 18 heavy (non-hydrogen) atoms. The molecule has 2 nitrogen and oxygen atoms in total. The average Bonchev–Trinajstić information content (AvgIpc) is 2.43. The summed E-state index contributed by atoms with van der Waals surface area (Å²) in [5.41, 5.74) is 0. The summed E-state index contributed by atoms with van der Waals surface area (Å²) in [5.74, 6) is 0.867. The van der Waals surface area contributed by atoms with Gasteiger partial charge in [0, 0.05) is 18.1 Å². The van der Waals surface area contributed by atoms with Crippen LogP contribution in [0.2, 0.25) is 0 Å². The Hall–Kier alpha value is -0.0800. The maximum atomic E-state index is 3.43. The summed E-state index contributed by atoms with van der Waals surface area (Å²) in [4.78, 5) is 2.69. The summed E-state index contributed by atoms with van der Waals surface area (Å²) in [6, 6.07) is 2.38. The molecule has 0 aromatic heterocycles. The maximum absolute atomic E-state index is 3.43. The molecule has 0 aliphatic heterocycles. The van der Waals surface area contributed by atoms with Crippen LogP contribution in [0, 0.1) is 5.92 Å². The second-order valence-electron chi connectivity index (χ2n) is 6.27. The first-order chi connectivity index (χ1) is 8.62. The van der Waals surface area contributed by atoms with Gasteiger partial charge < -0.3 is 10.2 Å². The lowest BCUT2D eigenvalue weighted by molar-refractivity contribution is 0.109. The minimum Gasteiger partial charge on any atom is -0.317 e. The minimum absolute atomic E-state index is 0.768. The van der Waals surface area contributed by atoms with Gasteiger partial charge in [-0.05, 0) is 58.5 Å². The first-order valence-corrected chi connectivity index (χ1v) is 8.01. The molecule has 0 aromatic carbocycles. The maximum Gasteiger partial charge on any atom is 0.00963 e. The van der Waals surface area contributed by atoms with Crippen molar-refractivity contribution >= 4 is 0 Å². The molecule has 0 spiro atoms. The van der Waals surface area contributed by atoms with Crippen molar-refractivity contribution in [3.8, 4) is 0 Å². The molecule has 2 unspecified atom stereocenters. The summed E-state index contributed by atoms with van der Waals surface area (Å²) in [6.07, 6.45) is 9.44. The summed E-state index contributed by atoms with van der Waals surface area (Å²) in [6.45, 7) is 7.06. The number of hydrogen-bond acceptors (Lipinski definition) is 2. The van der Waals surface area contributed by atoms with E-state index in [1.165, 1.54) is 44.9 Å². The minimum atomic E-state index is 0.768. The molecule has 108 valence electrons. The fourth-order valence-corrected chi connectivity index (χ4v) is 3.32. The van der Waals surface area contributed by atoms with E-state index in [1.54, 1.807) is 0 Å². The third kappa shape index (κ3) is 4.55. The quantitative estimate of drug-likeness (QED) is 0.746.